The smallest absolute Gasteiger partial charge is 0.166 e. The molecule has 0 unspecified atom stereocenters. The van der Waals surface area contributed by atoms with Crippen molar-refractivity contribution in [3.63, 3.8) is 0 Å². The lowest BCUT2D eigenvalue weighted by Gasteiger charge is -2.05. The number of benzene rings is 1. The van der Waals surface area contributed by atoms with E-state index >= 15 is 0 Å². The molecule has 0 saturated carbocycles. The molecule has 0 amide bonds. The van der Waals surface area contributed by atoms with Crippen molar-refractivity contribution in [2.45, 2.75) is 6.92 Å². The van der Waals surface area contributed by atoms with E-state index in [0.29, 0.717) is 26.5 Å². The summed E-state index contributed by atoms with van der Waals surface area (Å²) in [6, 6.07) is 7.50. The molecule has 0 aliphatic heterocycles. The number of hydrogen-bond donors (Lipinski definition) is 0. The average molecular weight is 313 g/mol. The van der Waals surface area contributed by atoms with Crippen LogP contribution in [0, 0.1) is 6.92 Å². The summed E-state index contributed by atoms with van der Waals surface area (Å²) in [5.41, 5.74) is 2.94. The average Bonchev–Trinajstić information content (AvgIpc) is 2.80. The van der Waals surface area contributed by atoms with Crippen molar-refractivity contribution in [2.75, 3.05) is 0 Å². The van der Waals surface area contributed by atoms with Crippen LogP contribution in [0.4, 0.5) is 0 Å². The quantitative estimate of drug-likeness (QED) is 0.611. The van der Waals surface area contributed by atoms with E-state index in [1.807, 2.05) is 24.3 Å². The molecule has 0 saturated heterocycles. The first-order valence-electron chi connectivity index (χ1n) is 5.54. The van der Waals surface area contributed by atoms with Gasteiger partial charge in [-0.2, -0.15) is 5.10 Å². The fourth-order valence-corrected chi connectivity index (χ4v) is 2.55. The maximum atomic E-state index is 6.21. The minimum Gasteiger partial charge on any atom is -0.216 e. The second-order valence-electron chi connectivity index (χ2n) is 4.09. The number of aromatic nitrogens is 3. The molecule has 0 aliphatic carbocycles. The van der Waals surface area contributed by atoms with Crippen LogP contribution in [0.1, 0.15) is 5.56 Å². The van der Waals surface area contributed by atoms with Crippen molar-refractivity contribution in [1.82, 2.24) is 14.6 Å². The molecule has 2 heterocycles. The van der Waals surface area contributed by atoms with Crippen molar-refractivity contribution in [3.05, 3.63) is 51.4 Å². The van der Waals surface area contributed by atoms with E-state index in [0.717, 1.165) is 11.1 Å². The highest BCUT2D eigenvalue weighted by atomic mass is 35.5. The Balaban J connectivity index is 2.36. The lowest BCUT2D eigenvalue weighted by molar-refractivity contribution is 0.929. The third-order valence-corrected chi connectivity index (χ3v) is 4.06. The number of rotatable bonds is 1. The van der Waals surface area contributed by atoms with Crippen LogP contribution >= 0.6 is 34.8 Å². The van der Waals surface area contributed by atoms with E-state index in [2.05, 4.69) is 10.1 Å². The molecule has 0 spiro atoms. The summed E-state index contributed by atoms with van der Waals surface area (Å²) in [6.07, 6.45) is 1.69. The topological polar surface area (TPSA) is 30.2 Å². The first-order valence-corrected chi connectivity index (χ1v) is 6.67. The lowest BCUT2D eigenvalue weighted by Crippen LogP contribution is -1.96. The highest BCUT2D eigenvalue weighted by molar-refractivity contribution is 6.35. The van der Waals surface area contributed by atoms with Crippen LogP contribution in [0.25, 0.3) is 16.8 Å². The van der Waals surface area contributed by atoms with Crippen LogP contribution in [-0.4, -0.2) is 14.6 Å². The van der Waals surface area contributed by atoms with Gasteiger partial charge in [0.1, 0.15) is 10.3 Å². The van der Waals surface area contributed by atoms with Gasteiger partial charge in [-0.1, -0.05) is 53.0 Å². The Labute approximate surface area is 124 Å². The summed E-state index contributed by atoms with van der Waals surface area (Å²) in [6.45, 7) is 1.80. The lowest BCUT2D eigenvalue weighted by atomic mass is 10.1. The maximum absolute atomic E-state index is 6.21. The Morgan fingerprint density at radius 2 is 1.79 bits per heavy atom. The van der Waals surface area contributed by atoms with E-state index in [1.165, 1.54) is 0 Å². The van der Waals surface area contributed by atoms with Gasteiger partial charge in [-0.05, 0) is 13.0 Å². The molecule has 3 rings (SSSR count). The zero-order valence-corrected chi connectivity index (χ0v) is 12.1. The Morgan fingerprint density at radius 3 is 2.53 bits per heavy atom. The highest BCUT2D eigenvalue weighted by Crippen LogP contribution is 2.32. The van der Waals surface area contributed by atoms with Gasteiger partial charge in [0.2, 0.25) is 0 Å². The zero-order chi connectivity index (χ0) is 13.6. The van der Waals surface area contributed by atoms with Crippen molar-refractivity contribution < 1.29 is 0 Å². The molecule has 0 radical (unpaired) electrons. The van der Waals surface area contributed by atoms with Crippen molar-refractivity contribution >= 4 is 40.4 Å². The first kappa shape index (κ1) is 12.7. The van der Waals surface area contributed by atoms with Gasteiger partial charge in [0.15, 0.2) is 5.65 Å². The molecule has 96 valence electrons. The summed E-state index contributed by atoms with van der Waals surface area (Å²) in [5, 5.41) is 5.69. The Kier molecular flexibility index (Phi) is 3.13. The summed E-state index contributed by atoms with van der Waals surface area (Å²) < 4.78 is 1.56. The molecule has 0 fully saturated rings. The van der Waals surface area contributed by atoms with Gasteiger partial charge in [-0.15, -0.1) is 0 Å². The molecular weight excluding hydrogens is 305 g/mol. The van der Waals surface area contributed by atoms with Gasteiger partial charge in [-0.25, -0.2) is 9.50 Å². The molecule has 0 bridgehead atoms. The summed E-state index contributed by atoms with van der Waals surface area (Å²) in [4.78, 5) is 4.34. The molecule has 1 aromatic carbocycles. The van der Waals surface area contributed by atoms with Crippen molar-refractivity contribution in [1.29, 1.82) is 0 Å². The van der Waals surface area contributed by atoms with Crippen LogP contribution in [0.3, 0.4) is 0 Å². The van der Waals surface area contributed by atoms with Gasteiger partial charge >= 0.3 is 0 Å². The van der Waals surface area contributed by atoms with Gasteiger partial charge in [0.25, 0.3) is 0 Å². The standard InChI is InChI=1S/C13H8Cl3N3/c1-7-11(15)18-13-9(6-17-19(13)12(7)16)8-4-2-3-5-10(8)14/h2-6H,1H3. The molecule has 0 aliphatic rings. The molecule has 3 aromatic rings. The minimum atomic E-state index is 0.367. The van der Waals surface area contributed by atoms with Crippen LogP contribution in [0.2, 0.25) is 15.3 Å². The summed E-state index contributed by atoms with van der Waals surface area (Å²) in [7, 11) is 0. The van der Waals surface area contributed by atoms with E-state index in [4.69, 9.17) is 34.8 Å². The molecule has 19 heavy (non-hydrogen) atoms. The van der Waals surface area contributed by atoms with Crippen LogP contribution < -0.4 is 0 Å². The molecule has 0 N–H and O–H groups in total. The van der Waals surface area contributed by atoms with E-state index in [9.17, 15) is 0 Å². The summed E-state index contributed by atoms with van der Waals surface area (Å²) in [5.74, 6) is 0. The zero-order valence-electron chi connectivity index (χ0n) is 9.86. The maximum Gasteiger partial charge on any atom is 0.166 e. The van der Waals surface area contributed by atoms with Gasteiger partial charge in [0, 0.05) is 21.7 Å². The second kappa shape index (κ2) is 4.67. The molecule has 2 aromatic heterocycles. The molecule has 0 atom stereocenters. The van der Waals surface area contributed by atoms with Crippen molar-refractivity contribution in [3.8, 4) is 11.1 Å². The number of hydrogen-bond acceptors (Lipinski definition) is 2. The number of fused-ring (bicyclic) bond motifs is 1. The monoisotopic (exact) mass is 311 g/mol. The molecular formula is C13H8Cl3N3. The van der Waals surface area contributed by atoms with E-state index in [-0.39, 0.29) is 0 Å². The highest BCUT2D eigenvalue weighted by Gasteiger charge is 2.15. The summed E-state index contributed by atoms with van der Waals surface area (Å²) >= 11 is 18.5. The van der Waals surface area contributed by atoms with E-state index < -0.39 is 0 Å². The second-order valence-corrected chi connectivity index (χ2v) is 5.22. The van der Waals surface area contributed by atoms with Gasteiger partial charge in [-0.3, -0.25) is 0 Å². The normalized spacial score (nSPS) is 11.2. The van der Waals surface area contributed by atoms with Gasteiger partial charge in [0.05, 0.1) is 6.20 Å². The Bertz CT molecular complexity index is 780. The van der Waals surface area contributed by atoms with Crippen molar-refractivity contribution in [2.24, 2.45) is 0 Å². The third-order valence-electron chi connectivity index (χ3n) is 2.92. The van der Waals surface area contributed by atoms with Crippen LogP contribution in [0.15, 0.2) is 30.5 Å². The Hall–Kier alpha value is -1.29. The fourth-order valence-electron chi connectivity index (χ4n) is 1.88. The fraction of sp³-hybridized carbons (Fsp3) is 0.0769. The van der Waals surface area contributed by atoms with Crippen LogP contribution in [0.5, 0.6) is 0 Å². The number of nitrogens with zero attached hydrogens (tertiary/aromatic N) is 3. The van der Waals surface area contributed by atoms with E-state index in [1.54, 1.807) is 17.6 Å². The first-order chi connectivity index (χ1) is 9.09. The Morgan fingerprint density at radius 1 is 1.05 bits per heavy atom. The molecule has 6 heteroatoms. The minimum absolute atomic E-state index is 0.367. The van der Waals surface area contributed by atoms with Crippen LogP contribution in [-0.2, 0) is 0 Å². The predicted molar refractivity (Wildman–Crippen MR) is 78.2 cm³/mol. The number of halogens is 3. The largest absolute Gasteiger partial charge is 0.216 e. The van der Waals surface area contributed by atoms with Gasteiger partial charge < -0.3 is 0 Å². The third kappa shape index (κ3) is 1.98. The SMILES string of the molecule is Cc1c(Cl)nc2c(-c3ccccc3Cl)cnn2c1Cl. The predicted octanol–water partition coefficient (Wildman–Crippen LogP) is 4.66. The molecule has 3 nitrogen and oxygen atoms in total.